The van der Waals surface area contributed by atoms with Crippen molar-refractivity contribution in [1.29, 1.82) is 0 Å². The topological polar surface area (TPSA) is 135 Å². The lowest BCUT2D eigenvalue weighted by atomic mass is 10.2. The van der Waals surface area contributed by atoms with Crippen LogP contribution in [-0.2, 0) is 26.3 Å². The van der Waals surface area contributed by atoms with E-state index in [4.69, 9.17) is 0 Å². The van der Waals surface area contributed by atoms with Crippen molar-refractivity contribution in [3.63, 3.8) is 0 Å². The summed E-state index contributed by atoms with van der Waals surface area (Å²) in [4.78, 5) is 12.2. The van der Waals surface area contributed by atoms with Gasteiger partial charge in [0.2, 0.25) is 15.2 Å². The molecular formula is C15H18N4O5S3. The molecule has 27 heavy (non-hydrogen) atoms. The largest absolute Gasteiger partial charge is 0.296 e. The highest BCUT2D eigenvalue weighted by Crippen LogP contribution is 2.19. The number of carbonyl (C=O) groups is 1. The van der Waals surface area contributed by atoms with Gasteiger partial charge in [-0.25, -0.2) is 21.6 Å². The van der Waals surface area contributed by atoms with Gasteiger partial charge in [0.25, 0.3) is 5.91 Å². The Morgan fingerprint density at radius 2 is 2.11 bits per heavy atom. The Morgan fingerprint density at radius 3 is 2.74 bits per heavy atom. The summed E-state index contributed by atoms with van der Waals surface area (Å²) >= 11 is 1.25. The van der Waals surface area contributed by atoms with Crippen molar-refractivity contribution in [1.82, 2.24) is 14.9 Å². The van der Waals surface area contributed by atoms with Gasteiger partial charge in [0.05, 0.1) is 16.4 Å². The zero-order valence-corrected chi connectivity index (χ0v) is 16.8. The summed E-state index contributed by atoms with van der Waals surface area (Å²) < 4.78 is 50.4. The third kappa shape index (κ3) is 4.89. The van der Waals surface area contributed by atoms with Crippen LogP contribution in [-0.4, -0.2) is 50.5 Å². The van der Waals surface area contributed by atoms with Crippen LogP contribution < -0.4 is 10.0 Å². The third-order valence-electron chi connectivity index (χ3n) is 3.95. The lowest BCUT2D eigenvalue weighted by Gasteiger charge is -2.12. The van der Waals surface area contributed by atoms with Gasteiger partial charge in [-0.1, -0.05) is 24.3 Å². The minimum absolute atomic E-state index is 0.0375. The van der Waals surface area contributed by atoms with Crippen LogP contribution in [0.1, 0.15) is 28.7 Å². The summed E-state index contributed by atoms with van der Waals surface area (Å²) in [7, 11) is -7.15. The molecule has 1 aromatic heterocycles. The summed E-state index contributed by atoms with van der Waals surface area (Å²) in [6.45, 7) is 1.92. The average Bonchev–Trinajstić information content (AvgIpc) is 3.20. The van der Waals surface area contributed by atoms with Crippen LogP contribution >= 0.6 is 11.3 Å². The van der Waals surface area contributed by atoms with Crippen molar-refractivity contribution in [2.75, 3.05) is 16.8 Å². The van der Waals surface area contributed by atoms with Gasteiger partial charge < -0.3 is 0 Å². The number of hydrogen-bond acceptors (Lipinski definition) is 8. The lowest BCUT2D eigenvalue weighted by molar-refractivity contribution is 0.102. The number of anilines is 1. The molecule has 1 aromatic carbocycles. The molecule has 146 valence electrons. The highest BCUT2D eigenvalue weighted by Gasteiger charge is 2.31. The summed E-state index contributed by atoms with van der Waals surface area (Å²) in [5.74, 6) is -0.762. The molecule has 2 heterocycles. The van der Waals surface area contributed by atoms with Gasteiger partial charge in [-0.15, -0.1) is 10.2 Å². The SMILES string of the molecule is CCc1nnc(NC(=O)c2cccc(S(=O)(=O)NC3CCS(=O)(=O)C3)c2)s1. The van der Waals surface area contributed by atoms with Crippen molar-refractivity contribution in [3.05, 3.63) is 34.8 Å². The second-order valence-electron chi connectivity index (χ2n) is 6.06. The zero-order chi connectivity index (χ0) is 19.7. The molecule has 2 aromatic rings. The molecule has 9 nitrogen and oxygen atoms in total. The Labute approximate surface area is 161 Å². The standard InChI is InChI=1S/C15H18N4O5S3/c1-2-13-17-18-15(25-13)16-14(20)10-4-3-5-12(8-10)27(23,24)19-11-6-7-26(21,22)9-11/h3-5,8,11,19H,2,6-7,9H2,1H3,(H,16,18,20). The van der Waals surface area contributed by atoms with E-state index < -0.39 is 31.8 Å². The first-order chi connectivity index (χ1) is 12.7. The molecule has 1 fully saturated rings. The number of sulfonamides is 1. The number of benzene rings is 1. The molecule has 1 atom stereocenters. The number of aryl methyl sites for hydroxylation is 1. The number of hydrogen-bond donors (Lipinski definition) is 2. The molecule has 1 aliphatic rings. The summed E-state index contributed by atoms with van der Waals surface area (Å²) in [5.41, 5.74) is 0.144. The lowest BCUT2D eigenvalue weighted by Crippen LogP contribution is -2.35. The maximum atomic E-state index is 12.5. The van der Waals surface area contributed by atoms with Gasteiger partial charge in [0.15, 0.2) is 9.84 Å². The normalized spacial score (nSPS) is 19.1. The Balaban J connectivity index is 1.75. The van der Waals surface area contributed by atoms with Gasteiger partial charge in [0.1, 0.15) is 5.01 Å². The molecule has 1 saturated heterocycles. The summed E-state index contributed by atoms with van der Waals surface area (Å²) in [6.07, 6.45) is 0.933. The minimum Gasteiger partial charge on any atom is -0.296 e. The van der Waals surface area contributed by atoms with Gasteiger partial charge in [-0.3, -0.25) is 10.1 Å². The second kappa shape index (κ2) is 7.62. The molecule has 1 amide bonds. The molecule has 3 rings (SSSR count). The molecule has 0 radical (unpaired) electrons. The van der Waals surface area contributed by atoms with Crippen LogP contribution in [0.25, 0.3) is 0 Å². The van der Waals surface area contributed by atoms with E-state index in [1.807, 2.05) is 6.92 Å². The van der Waals surface area contributed by atoms with Gasteiger partial charge in [-0.05, 0) is 31.0 Å². The number of aromatic nitrogens is 2. The van der Waals surface area contributed by atoms with Gasteiger partial charge >= 0.3 is 0 Å². The molecule has 0 aliphatic carbocycles. The first-order valence-electron chi connectivity index (χ1n) is 8.15. The van der Waals surface area contributed by atoms with Crippen LogP contribution in [0.15, 0.2) is 29.2 Å². The first-order valence-corrected chi connectivity index (χ1v) is 12.3. The van der Waals surface area contributed by atoms with E-state index in [2.05, 4.69) is 20.2 Å². The third-order valence-corrected chi connectivity index (χ3v) is 8.22. The maximum absolute atomic E-state index is 12.5. The molecule has 1 unspecified atom stereocenters. The molecule has 0 saturated carbocycles. The average molecular weight is 431 g/mol. The number of sulfone groups is 1. The van der Waals surface area contributed by atoms with Crippen molar-refractivity contribution in [2.24, 2.45) is 0 Å². The molecule has 0 bridgehead atoms. The number of rotatable bonds is 6. The molecule has 0 spiro atoms. The Bertz CT molecular complexity index is 1060. The van der Waals surface area contributed by atoms with E-state index in [9.17, 15) is 21.6 Å². The molecular weight excluding hydrogens is 412 g/mol. The van der Waals surface area contributed by atoms with Crippen molar-refractivity contribution >= 4 is 42.2 Å². The Kier molecular flexibility index (Phi) is 5.60. The van der Waals surface area contributed by atoms with Crippen LogP contribution in [0.5, 0.6) is 0 Å². The Morgan fingerprint density at radius 1 is 1.33 bits per heavy atom. The fraction of sp³-hybridized carbons (Fsp3) is 0.400. The van der Waals surface area contributed by atoms with E-state index >= 15 is 0 Å². The van der Waals surface area contributed by atoms with Crippen LogP contribution in [0.3, 0.4) is 0 Å². The smallest absolute Gasteiger partial charge is 0.257 e. The predicted octanol–water partition coefficient (Wildman–Crippen LogP) is 0.818. The highest BCUT2D eigenvalue weighted by molar-refractivity contribution is 7.92. The fourth-order valence-corrected chi connectivity index (χ4v) is 6.37. The van der Waals surface area contributed by atoms with E-state index in [1.54, 1.807) is 0 Å². The first kappa shape index (κ1) is 19.9. The van der Waals surface area contributed by atoms with Crippen molar-refractivity contribution in [2.45, 2.75) is 30.7 Å². The zero-order valence-electron chi connectivity index (χ0n) is 14.4. The molecule has 12 heteroatoms. The van der Waals surface area contributed by atoms with Crippen LogP contribution in [0, 0.1) is 0 Å². The van der Waals surface area contributed by atoms with E-state index in [1.165, 1.54) is 35.6 Å². The van der Waals surface area contributed by atoms with E-state index in [0.717, 1.165) is 5.01 Å². The monoisotopic (exact) mass is 430 g/mol. The Hall–Kier alpha value is -1.89. The number of nitrogens with zero attached hydrogens (tertiary/aromatic N) is 2. The maximum Gasteiger partial charge on any atom is 0.257 e. The quantitative estimate of drug-likeness (QED) is 0.692. The van der Waals surface area contributed by atoms with Crippen LogP contribution in [0.4, 0.5) is 5.13 Å². The van der Waals surface area contributed by atoms with Crippen molar-refractivity contribution < 1.29 is 21.6 Å². The second-order valence-corrected chi connectivity index (χ2v) is 11.1. The number of carbonyl (C=O) groups excluding carboxylic acids is 1. The van der Waals surface area contributed by atoms with E-state index in [0.29, 0.717) is 11.6 Å². The highest BCUT2D eigenvalue weighted by atomic mass is 32.2. The number of nitrogens with one attached hydrogen (secondary N) is 2. The van der Waals surface area contributed by atoms with Gasteiger partial charge in [0, 0.05) is 11.6 Å². The molecule has 1 aliphatic heterocycles. The van der Waals surface area contributed by atoms with Gasteiger partial charge in [-0.2, -0.15) is 0 Å². The fourth-order valence-electron chi connectivity index (χ4n) is 2.60. The summed E-state index contributed by atoms with van der Waals surface area (Å²) in [5, 5.41) is 11.5. The minimum atomic E-state index is -3.94. The summed E-state index contributed by atoms with van der Waals surface area (Å²) in [6, 6.07) is 4.86. The van der Waals surface area contributed by atoms with Crippen LogP contribution in [0.2, 0.25) is 0 Å². The van der Waals surface area contributed by atoms with Crippen molar-refractivity contribution in [3.8, 4) is 0 Å². The molecule has 2 N–H and O–H groups in total. The number of amides is 1. The van der Waals surface area contributed by atoms with E-state index in [-0.39, 0.29) is 28.4 Å². The predicted molar refractivity (Wildman–Crippen MR) is 101 cm³/mol.